The highest BCUT2D eigenvalue weighted by Gasteiger charge is 2.28. The first kappa shape index (κ1) is 13.8. The summed E-state index contributed by atoms with van der Waals surface area (Å²) in [7, 11) is 0. The van der Waals surface area contributed by atoms with Crippen molar-refractivity contribution >= 4 is 11.8 Å². The van der Waals surface area contributed by atoms with Crippen molar-refractivity contribution in [2.75, 3.05) is 12.3 Å². The van der Waals surface area contributed by atoms with Gasteiger partial charge in [-0.05, 0) is 35.7 Å². The first-order chi connectivity index (χ1) is 8.76. The number of aromatic nitrogens is 4. The van der Waals surface area contributed by atoms with Gasteiger partial charge in [0, 0.05) is 11.8 Å². The van der Waals surface area contributed by atoms with E-state index < -0.39 is 0 Å². The Hall–Kier alpha value is -0.620. The van der Waals surface area contributed by atoms with E-state index in [-0.39, 0.29) is 0 Å². The molecule has 1 fully saturated rings. The standard InChI is InChI=1S/C12H23N5S/c1-4-9(3)11(13-5-2)8-18-12-14-15-16-17(12)10-6-7-10/h9-11,13H,4-8H2,1-3H3. The van der Waals surface area contributed by atoms with Gasteiger partial charge in [0.25, 0.3) is 0 Å². The highest BCUT2D eigenvalue weighted by atomic mass is 32.2. The predicted octanol–water partition coefficient (Wildman–Crippen LogP) is 2.12. The number of hydrogen-bond donors (Lipinski definition) is 1. The average Bonchev–Trinajstić information content (AvgIpc) is 3.13. The van der Waals surface area contributed by atoms with E-state index in [9.17, 15) is 0 Å². The molecule has 0 spiro atoms. The molecule has 0 bridgehead atoms. The van der Waals surface area contributed by atoms with Crippen LogP contribution in [0.1, 0.15) is 46.1 Å². The van der Waals surface area contributed by atoms with E-state index in [1.807, 2.05) is 4.68 Å². The molecule has 0 aromatic carbocycles. The second-order valence-electron chi connectivity index (χ2n) is 5.00. The molecule has 18 heavy (non-hydrogen) atoms. The topological polar surface area (TPSA) is 55.6 Å². The fraction of sp³-hybridized carbons (Fsp3) is 0.917. The second kappa shape index (κ2) is 6.52. The van der Waals surface area contributed by atoms with Gasteiger partial charge >= 0.3 is 0 Å². The highest BCUT2D eigenvalue weighted by Crippen LogP contribution is 2.36. The maximum Gasteiger partial charge on any atom is 0.209 e. The molecule has 1 aromatic rings. The Labute approximate surface area is 113 Å². The van der Waals surface area contributed by atoms with Crippen molar-refractivity contribution in [3.63, 3.8) is 0 Å². The van der Waals surface area contributed by atoms with Crippen LogP contribution in [0.4, 0.5) is 0 Å². The van der Waals surface area contributed by atoms with Crippen LogP contribution in [0.5, 0.6) is 0 Å². The quantitative estimate of drug-likeness (QED) is 0.733. The van der Waals surface area contributed by atoms with Gasteiger partial charge in [-0.2, -0.15) is 0 Å². The molecule has 0 aliphatic heterocycles. The van der Waals surface area contributed by atoms with E-state index in [1.165, 1.54) is 19.3 Å². The summed E-state index contributed by atoms with van der Waals surface area (Å²) in [6.45, 7) is 7.73. The summed E-state index contributed by atoms with van der Waals surface area (Å²) in [5.41, 5.74) is 0. The van der Waals surface area contributed by atoms with Crippen LogP contribution in [0.25, 0.3) is 0 Å². The van der Waals surface area contributed by atoms with E-state index in [0.29, 0.717) is 18.0 Å². The van der Waals surface area contributed by atoms with Crippen LogP contribution in [0.15, 0.2) is 5.16 Å². The maximum atomic E-state index is 4.13. The number of rotatable bonds is 8. The van der Waals surface area contributed by atoms with Crippen molar-refractivity contribution in [2.45, 2.75) is 57.3 Å². The van der Waals surface area contributed by atoms with Crippen LogP contribution in [0.2, 0.25) is 0 Å². The van der Waals surface area contributed by atoms with Crippen molar-refractivity contribution < 1.29 is 0 Å². The van der Waals surface area contributed by atoms with E-state index in [1.54, 1.807) is 11.8 Å². The third kappa shape index (κ3) is 3.45. The molecule has 1 heterocycles. The molecule has 1 N–H and O–H groups in total. The summed E-state index contributed by atoms with van der Waals surface area (Å²) in [6.07, 6.45) is 3.65. The Balaban J connectivity index is 1.89. The monoisotopic (exact) mass is 269 g/mol. The number of tetrazole rings is 1. The molecule has 1 saturated carbocycles. The number of nitrogens with one attached hydrogen (secondary N) is 1. The summed E-state index contributed by atoms with van der Waals surface area (Å²) in [5, 5.41) is 16.5. The molecule has 2 rings (SSSR count). The zero-order chi connectivity index (χ0) is 13.0. The van der Waals surface area contributed by atoms with Crippen molar-refractivity contribution in [3.05, 3.63) is 0 Å². The van der Waals surface area contributed by atoms with Gasteiger partial charge in [0.05, 0.1) is 6.04 Å². The third-order valence-electron chi connectivity index (χ3n) is 3.54. The summed E-state index contributed by atoms with van der Waals surface area (Å²) in [5.74, 6) is 1.72. The molecule has 2 unspecified atom stereocenters. The fourth-order valence-electron chi connectivity index (χ4n) is 1.96. The summed E-state index contributed by atoms with van der Waals surface area (Å²) >= 11 is 1.78. The third-order valence-corrected chi connectivity index (χ3v) is 4.60. The lowest BCUT2D eigenvalue weighted by Crippen LogP contribution is -2.36. The van der Waals surface area contributed by atoms with E-state index in [4.69, 9.17) is 0 Å². The molecule has 1 aliphatic rings. The van der Waals surface area contributed by atoms with Crippen LogP contribution in [0, 0.1) is 5.92 Å². The molecule has 1 aromatic heterocycles. The second-order valence-corrected chi connectivity index (χ2v) is 5.99. The maximum absolute atomic E-state index is 4.13. The lowest BCUT2D eigenvalue weighted by molar-refractivity contribution is 0.403. The number of hydrogen-bond acceptors (Lipinski definition) is 5. The zero-order valence-corrected chi connectivity index (χ0v) is 12.3. The lowest BCUT2D eigenvalue weighted by atomic mass is 10.0. The summed E-state index contributed by atoms with van der Waals surface area (Å²) in [4.78, 5) is 0. The minimum absolute atomic E-state index is 0.536. The van der Waals surface area contributed by atoms with Gasteiger partial charge in [-0.25, -0.2) is 4.68 Å². The average molecular weight is 269 g/mol. The van der Waals surface area contributed by atoms with Crippen LogP contribution in [0.3, 0.4) is 0 Å². The van der Waals surface area contributed by atoms with Crippen LogP contribution in [-0.4, -0.2) is 38.5 Å². The largest absolute Gasteiger partial charge is 0.313 e. The molecule has 0 amide bonds. The van der Waals surface area contributed by atoms with Crippen LogP contribution < -0.4 is 5.32 Å². The molecular formula is C12H23N5S. The smallest absolute Gasteiger partial charge is 0.209 e. The number of nitrogens with zero attached hydrogens (tertiary/aromatic N) is 4. The van der Waals surface area contributed by atoms with Crippen LogP contribution in [-0.2, 0) is 0 Å². The molecule has 102 valence electrons. The normalized spacial score (nSPS) is 18.8. The van der Waals surface area contributed by atoms with Gasteiger partial charge in [0.2, 0.25) is 5.16 Å². The first-order valence-electron chi connectivity index (χ1n) is 6.90. The summed E-state index contributed by atoms with van der Waals surface area (Å²) < 4.78 is 1.99. The Bertz CT molecular complexity index is 363. The zero-order valence-electron chi connectivity index (χ0n) is 11.5. The van der Waals surface area contributed by atoms with Gasteiger partial charge in [0.1, 0.15) is 0 Å². The molecule has 0 saturated heterocycles. The van der Waals surface area contributed by atoms with Crippen LogP contribution >= 0.6 is 11.8 Å². The number of thioether (sulfide) groups is 1. The van der Waals surface area contributed by atoms with Crippen molar-refractivity contribution in [1.82, 2.24) is 25.5 Å². The minimum Gasteiger partial charge on any atom is -0.313 e. The van der Waals surface area contributed by atoms with Gasteiger partial charge in [-0.1, -0.05) is 39.0 Å². The summed E-state index contributed by atoms with van der Waals surface area (Å²) in [6, 6.07) is 1.10. The van der Waals surface area contributed by atoms with Gasteiger partial charge in [-0.3, -0.25) is 0 Å². The Kier molecular flexibility index (Phi) is 5.00. The minimum atomic E-state index is 0.536. The van der Waals surface area contributed by atoms with E-state index in [0.717, 1.165) is 17.5 Å². The van der Waals surface area contributed by atoms with Crippen molar-refractivity contribution in [3.8, 4) is 0 Å². The van der Waals surface area contributed by atoms with Crippen molar-refractivity contribution in [2.24, 2.45) is 5.92 Å². The highest BCUT2D eigenvalue weighted by molar-refractivity contribution is 7.99. The molecule has 1 aliphatic carbocycles. The Morgan fingerprint density at radius 1 is 1.44 bits per heavy atom. The molecule has 5 nitrogen and oxygen atoms in total. The predicted molar refractivity (Wildman–Crippen MR) is 73.7 cm³/mol. The molecule has 6 heteroatoms. The Morgan fingerprint density at radius 2 is 2.22 bits per heavy atom. The Morgan fingerprint density at radius 3 is 2.83 bits per heavy atom. The first-order valence-corrected chi connectivity index (χ1v) is 7.88. The van der Waals surface area contributed by atoms with E-state index >= 15 is 0 Å². The van der Waals surface area contributed by atoms with Crippen molar-refractivity contribution in [1.29, 1.82) is 0 Å². The lowest BCUT2D eigenvalue weighted by Gasteiger charge is -2.23. The molecule has 2 atom stereocenters. The molecular weight excluding hydrogens is 246 g/mol. The van der Waals surface area contributed by atoms with Gasteiger partial charge in [-0.15, -0.1) is 5.10 Å². The molecule has 0 radical (unpaired) electrons. The van der Waals surface area contributed by atoms with E-state index in [2.05, 4.69) is 41.6 Å². The van der Waals surface area contributed by atoms with Gasteiger partial charge < -0.3 is 5.32 Å². The van der Waals surface area contributed by atoms with Gasteiger partial charge in [0.15, 0.2) is 0 Å². The fourth-order valence-corrected chi connectivity index (χ4v) is 3.15. The SMILES string of the molecule is CCNC(CSc1nnnn1C1CC1)C(C)CC.